The van der Waals surface area contributed by atoms with Crippen molar-refractivity contribution in [3.8, 4) is 11.3 Å². The lowest BCUT2D eigenvalue weighted by Gasteiger charge is -2.34. The normalized spacial score (nSPS) is 19.8. The zero-order valence-corrected chi connectivity index (χ0v) is 17.1. The summed E-state index contributed by atoms with van der Waals surface area (Å²) in [5.74, 6) is 0.412. The topological polar surface area (TPSA) is 24.3 Å². The first-order valence-electron chi connectivity index (χ1n) is 9.76. The lowest BCUT2D eigenvalue weighted by atomic mass is 9.94. The number of fused-ring (bicyclic) bond motifs is 3. The van der Waals surface area contributed by atoms with Crippen LogP contribution in [0.5, 0.6) is 0 Å². The fraction of sp³-hybridized carbons (Fsp3) is 0.409. The molecule has 0 aliphatic carbocycles. The molecule has 0 saturated carbocycles. The van der Waals surface area contributed by atoms with E-state index in [0.29, 0.717) is 5.92 Å². The molecule has 2 aliphatic heterocycles. The van der Waals surface area contributed by atoms with Gasteiger partial charge in [-0.05, 0) is 32.4 Å². The molecule has 1 aromatic carbocycles. The average molecular weight is 379 g/mol. The van der Waals surface area contributed by atoms with Gasteiger partial charge >= 0.3 is 0 Å². The predicted molar refractivity (Wildman–Crippen MR) is 113 cm³/mol. The van der Waals surface area contributed by atoms with Gasteiger partial charge < -0.3 is 9.47 Å². The van der Waals surface area contributed by atoms with Crippen LogP contribution in [0, 0.1) is 6.92 Å². The van der Waals surface area contributed by atoms with E-state index in [2.05, 4.69) is 71.1 Å². The average Bonchev–Trinajstić information content (AvgIpc) is 3.23. The molecule has 3 aromatic rings. The van der Waals surface area contributed by atoms with Crippen molar-refractivity contribution in [1.29, 1.82) is 0 Å². The Kier molecular flexibility index (Phi) is 4.10. The maximum absolute atomic E-state index is 4.88. The fourth-order valence-electron chi connectivity index (χ4n) is 4.88. The molecule has 0 amide bonds. The maximum atomic E-state index is 4.88. The van der Waals surface area contributed by atoms with E-state index in [4.69, 9.17) is 4.98 Å². The van der Waals surface area contributed by atoms with Gasteiger partial charge in [0.05, 0.1) is 29.7 Å². The number of aromatic nitrogens is 2. The van der Waals surface area contributed by atoms with Crippen molar-refractivity contribution in [3.63, 3.8) is 0 Å². The molecule has 2 aromatic heterocycles. The molecule has 0 saturated heterocycles. The molecular formula is C22H26N4S. The molecule has 0 spiro atoms. The van der Waals surface area contributed by atoms with Gasteiger partial charge in [-0.25, -0.2) is 4.98 Å². The zero-order chi connectivity index (χ0) is 18.5. The van der Waals surface area contributed by atoms with Gasteiger partial charge in [-0.3, -0.25) is 4.90 Å². The third-order valence-electron chi connectivity index (χ3n) is 5.83. The monoisotopic (exact) mass is 378 g/mol. The molecule has 1 unspecified atom stereocenters. The summed E-state index contributed by atoms with van der Waals surface area (Å²) in [7, 11) is 4.45. The van der Waals surface area contributed by atoms with Crippen molar-refractivity contribution < 1.29 is 0 Å². The number of benzene rings is 1. The molecular weight excluding hydrogens is 352 g/mol. The molecule has 0 fully saturated rings. The Morgan fingerprint density at radius 1 is 1.15 bits per heavy atom. The molecule has 0 radical (unpaired) electrons. The predicted octanol–water partition coefficient (Wildman–Crippen LogP) is 4.68. The Hall–Kier alpha value is -2.11. The van der Waals surface area contributed by atoms with E-state index in [0.717, 1.165) is 25.5 Å². The van der Waals surface area contributed by atoms with Gasteiger partial charge in [-0.2, -0.15) is 0 Å². The van der Waals surface area contributed by atoms with Crippen LogP contribution >= 0.6 is 11.3 Å². The largest absolute Gasteiger partial charge is 0.360 e. The summed E-state index contributed by atoms with van der Waals surface area (Å²) in [5, 5.41) is 3.47. The minimum atomic E-state index is 0.412. The van der Waals surface area contributed by atoms with Gasteiger partial charge in [0, 0.05) is 36.8 Å². The molecule has 5 rings (SSSR count). The summed E-state index contributed by atoms with van der Waals surface area (Å²) in [5.41, 5.74) is 8.30. The number of hydrogen-bond donors (Lipinski definition) is 0. The lowest BCUT2D eigenvalue weighted by molar-refractivity contribution is 0.317. The van der Waals surface area contributed by atoms with Crippen LogP contribution in [0.15, 0.2) is 35.7 Å². The molecule has 4 heterocycles. The Labute approximate surface area is 165 Å². The number of aryl methyl sites for hydroxylation is 1. The Balaban J connectivity index is 1.77. The molecule has 2 aliphatic rings. The van der Waals surface area contributed by atoms with E-state index in [-0.39, 0.29) is 0 Å². The summed E-state index contributed by atoms with van der Waals surface area (Å²) in [6, 6.07) is 10.9. The van der Waals surface area contributed by atoms with E-state index in [9.17, 15) is 0 Å². The molecule has 27 heavy (non-hydrogen) atoms. The van der Waals surface area contributed by atoms with Crippen LogP contribution < -0.4 is 4.90 Å². The Morgan fingerprint density at radius 3 is 2.70 bits per heavy atom. The highest BCUT2D eigenvalue weighted by Gasteiger charge is 2.36. The third-order valence-corrected chi connectivity index (χ3v) is 6.90. The van der Waals surface area contributed by atoms with E-state index < -0.39 is 0 Å². The van der Waals surface area contributed by atoms with Crippen molar-refractivity contribution in [3.05, 3.63) is 57.7 Å². The van der Waals surface area contributed by atoms with Gasteiger partial charge in [0.1, 0.15) is 5.01 Å². The van der Waals surface area contributed by atoms with E-state index in [1.807, 2.05) is 11.3 Å². The standard InChI is InChI=1S/C22H26N4S/c1-15-13-27-22(23-15)17-10-7-11-26-19(16-8-5-4-6-9-16)18-12-24(2)14-25(3)20(18)21(17)26/h4-6,8-9,13,17H,7,10-12,14H2,1-3H3. The van der Waals surface area contributed by atoms with Gasteiger partial charge in [0.25, 0.3) is 0 Å². The van der Waals surface area contributed by atoms with Crippen molar-refractivity contribution in [1.82, 2.24) is 14.5 Å². The highest BCUT2D eigenvalue weighted by molar-refractivity contribution is 7.09. The lowest BCUT2D eigenvalue weighted by Crippen LogP contribution is -2.38. The number of hydrogen-bond acceptors (Lipinski definition) is 4. The van der Waals surface area contributed by atoms with Crippen LogP contribution in [0.2, 0.25) is 0 Å². The second kappa shape index (κ2) is 6.50. The molecule has 0 bridgehead atoms. The van der Waals surface area contributed by atoms with Crippen molar-refractivity contribution >= 4 is 17.0 Å². The van der Waals surface area contributed by atoms with Crippen LogP contribution in [0.4, 0.5) is 5.69 Å². The van der Waals surface area contributed by atoms with Crippen LogP contribution in [0.1, 0.15) is 40.7 Å². The fourth-order valence-corrected chi connectivity index (χ4v) is 5.82. The molecule has 1 atom stereocenters. The minimum absolute atomic E-state index is 0.412. The first-order valence-corrected chi connectivity index (χ1v) is 10.6. The summed E-state index contributed by atoms with van der Waals surface area (Å²) in [4.78, 5) is 9.73. The maximum Gasteiger partial charge on any atom is 0.102 e. The summed E-state index contributed by atoms with van der Waals surface area (Å²) in [6.07, 6.45) is 2.41. The first kappa shape index (κ1) is 17.0. The van der Waals surface area contributed by atoms with Crippen LogP contribution in [-0.4, -0.2) is 35.2 Å². The summed E-state index contributed by atoms with van der Waals surface area (Å²) < 4.78 is 2.61. The number of nitrogens with zero attached hydrogens (tertiary/aromatic N) is 4. The number of thiazole rings is 1. The SMILES string of the molecule is Cc1csc(C2CCCn3c(-c4ccccc4)c4c(c32)N(C)CN(C)C4)n1. The highest BCUT2D eigenvalue weighted by atomic mass is 32.1. The Bertz CT molecular complexity index is 972. The third kappa shape index (κ3) is 2.72. The number of rotatable bonds is 2. The van der Waals surface area contributed by atoms with E-state index >= 15 is 0 Å². The Morgan fingerprint density at radius 2 is 1.96 bits per heavy atom. The molecule has 4 nitrogen and oxygen atoms in total. The van der Waals surface area contributed by atoms with Crippen LogP contribution in [0.3, 0.4) is 0 Å². The van der Waals surface area contributed by atoms with Crippen LogP contribution in [0.25, 0.3) is 11.3 Å². The second-order valence-corrected chi connectivity index (χ2v) is 8.84. The zero-order valence-electron chi connectivity index (χ0n) is 16.3. The number of anilines is 1. The molecule has 140 valence electrons. The quantitative estimate of drug-likeness (QED) is 0.647. The van der Waals surface area contributed by atoms with E-state index in [1.54, 1.807) is 0 Å². The molecule has 0 N–H and O–H groups in total. The summed E-state index contributed by atoms with van der Waals surface area (Å²) >= 11 is 1.82. The first-order chi connectivity index (χ1) is 13.1. The smallest absolute Gasteiger partial charge is 0.102 e. The van der Waals surface area contributed by atoms with Gasteiger partial charge in [0.2, 0.25) is 0 Å². The second-order valence-electron chi connectivity index (χ2n) is 7.95. The van der Waals surface area contributed by atoms with Gasteiger partial charge in [-0.15, -0.1) is 11.3 Å². The van der Waals surface area contributed by atoms with E-state index in [1.165, 1.54) is 46.1 Å². The molecule has 5 heteroatoms. The van der Waals surface area contributed by atoms with Gasteiger partial charge in [-0.1, -0.05) is 30.3 Å². The van der Waals surface area contributed by atoms with Crippen molar-refractivity contribution in [2.45, 2.75) is 38.8 Å². The van der Waals surface area contributed by atoms with Crippen molar-refractivity contribution in [2.75, 3.05) is 25.7 Å². The van der Waals surface area contributed by atoms with Crippen molar-refractivity contribution in [2.24, 2.45) is 0 Å². The van der Waals surface area contributed by atoms with Crippen LogP contribution in [-0.2, 0) is 13.1 Å². The van der Waals surface area contributed by atoms with Gasteiger partial charge in [0.15, 0.2) is 0 Å². The highest BCUT2D eigenvalue weighted by Crippen LogP contribution is 2.48. The minimum Gasteiger partial charge on any atom is -0.360 e. The summed E-state index contributed by atoms with van der Waals surface area (Å²) in [6.45, 7) is 5.19.